The van der Waals surface area contributed by atoms with Gasteiger partial charge in [0.25, 0.3) is 5.56 Å². The second kappa shape index (κ2) is 7.42. The van der Waals surface area contributed by atoms with Gasteiger partial charge in [0.1, 0.15) is 18.3 Å². The first-order valence-electron chi connectivity index (χ1n) is 9.80. The topological polar surface area (TPSA) is 136 Å². The summed E-state index contributed by atoms with van der Waals surface area (Å²) in [5.74, 6) is 0.343. The van der Waals surface area contributed by atoms with Crippen molar-refractivity contribution in [1.82, 2.24) is 23.9 Å². The molecule has 6 rings (SSSR count). The van der Waals surface area contributed by atoms with Crippen LogP contribution in [-0.2, 0) is 13.8 Å². The molecular formula is C19H17BrN5O6P. The molecule has 2 saturated heterocycles. The van der Waals surface area contributed by atoms with Crippen LogP contribution in [-0.4, -0.2) is 58.8 Å². The molecule has 0 radical (unpaired) electrons. The predicted octanol–water partition coefficient (Wildman–Crippen LogP) is 2.00. The van der Waals surface area contributed by atoms with E-state index in [1.165, 1.54) is 8.97 Å². The summed E-state index contributed by atoms with van der Waals surface area (Å²) in [5, 5.41) is 10.8. The van der Waals surface area contributed by atoms with Crippen LogP contribution in [0.3, 0.4) is 0 Å². The summed E-state index contributed by atoms with van der Waals surface area (Å²) in [6, 6.07) is 9.55. The number of nitrogens with zero attached hydrogens (tertiary/aromatic N) is 4. The average molecular weight is 522 g/mol. The fraction of sp³-hybridized carbons (Fsp3) is 0.316. The van der Waals surface area contributed by atoms with Crippen LogP contribution >= 0.6 is 24.5 Å². The molecule has 166 valence electrons. The zero-order chi connectivity index (χ0) is 22.1. The Labute approximate surface area is 189 Å². The largest absolute Gasteiger partial charge is 0.386 e. The molecule has 0 aliphatic carbocycles. The maximum Gasteiger partial charge on any atom is 0.330 e. The van der Waals surface area contributed by atoms with E-state index in [1.54, 1.807) is 0 Å². The minimum absolute atomic E-state index is 0.0846. The number of halogens is 1. The number of imidazole rings is 2. The van der Waals surface area contributed by atoms with Crippen molar-refractivity contribution < 1.29 is 23.8 Å². The van der Waals surface area contributed by atoms with Crippen LogP contribution in [0.5, 0.6) is 0 Å². The van der Waals surface area contributed by atoms with E-state index in [9.17, 15) is 14.8 Å². The minimum atomic E-state index is -2.07. The normalized spacial score (nSPS) is 27.9. The number of rotatable bonds is 2. The summed E-state index contributed by atoms with van der Waals surface area (Å²) in [6.07, 6.45) is -3.40. The number of H-pyrrole nitrogens is 1. The molecule has 0 saturated carbocycles. The van der Waals surface area contributed by atoms with Crippen LogP contribution in [0.25, 0.3) is 28.2 Å². The number of aromatic amines is 1. The Morgan fingerprint density at radius 3 is 2.84 bits per heavy atom. The molecule has 3 aromatic heterocycles. The molecule has 5 heterocycles. The lowest BCUT2D eigenvalue weighted by Crippen LogP contribution is -2.38. The first kappa shape index (κ1) is 20.4. The van der Waals surface area contributed by atoms with Gasteiger partial charge in [0.15, 0.2) is 22.1 Å². The van der Waals surface area contributed by atoms with Gasteiger partial charge < -0.3 is 28.8 Å². The molecule has 3 unspecified atom stereocenters. The van der Waals surface area contributed by atoms with Crippen molar-refractivity contribution in [3.05, 3.63) is 51.1 Å². The maximum absolute atomic E-state index is 13.5. The van der Waals surface area contributed by atoms with Crippen LogP contribution < -0.4 is 5.56 Å². The Kier molecular flexibility index (Phi) is 4.74. The highest BCUT2D eigenvalue weighted by atomic mass is 79.9. The number of ether oxygens (including phenoxy) is 1. The van der Waals surface area contributed by atoms with E-state index in [0.29, 0.717) is 11.5 Å². The summed E-state index contributed by atoms with van der Waals surface area (Å²) in [7, 11) is -2.07. The summed E-state index contributed by atoms with van der Waals surface area (Å²) in [6.45, 7) is 1.96. The molecular weight excluding hydrogens is 505 g/mol. The fourth-order valence-electron chi connectivity index (χ4n) is 4.32. The molecule has 11 nitrogen and oxygen atoms in total. The minimum Gasteiger partial charge on any atom is -0.386 e. The van der Waals surface area contributed by atoms with Crippen LogP contribution in [0.4, 0.5) is 0 Å². The quantitative estimate of drug-likeness (QED) is 0.269. The number of benzene rings is 1. The zero-order valence-electron chi connectivity index (χ0n) is 16.5. The number of aliphatic hydroxyl groups excluding tert-OH is 1. The number of fused-ring (bicyclic) bond motifs is 3. The van der Waals surface area contributed by atoms with Crippen LogP contribution in [0.2, 0.25) is 0 Å². The third kappa shape index (κ3) is 2.92. The van der Waals surface area contributed by atoms with Gasteiger partial charge in [-0.1, -0.05) is 30.3 Å². The monoisotopic (exact) mass is 521 g/mol. The van der Waals surface area contributed by atoms with E-state index >= 15 is 0 Å². The lowest BCUT2D eigenvalue weighted by molar-refractivity contribution is -0.0594. The van der Waals surface area contributed by atoms with E-state index in [-0.39, 0.29) is 28.1 Å². The van der Waals surface area contributed by atoms with Gasteiger partial charge in [-0.25, -0.2) is 9.38 Å². The maximum atomic E-state index is 13.5. The second-order valence-corrected chi connectivity index (χ2v) is 9.28. The molecule has 0 amide bonds. The number of hydrogen-bond donors (Lipinski definition) is 3. The Balaban J connectivity index is 1.53. The molecule has 4 aromatic rings. The molecule has 0 bridgehead atoms. The fourth-order valence-corrected chi connectivity index (χ4v) is 5.67. The first-order chi connectivity index (χ1) is 15.4. The van der Waals surface area contributed by atoms with Gasteiger partial charge in [0, 0.05) is 11.3 Å². The average Bonchev–Trinajstić information content (AvgIpc) is 3.40. The number of aromatic nitrogens is 5. The SMILES string of the molecule is Cc1[nH]c2nc3c(nc(Br)n3[C@@H]3OC4COP(O)O[C@H]4C3O)c(=O)n2c1-c1ccccc1. The molecule has 2 fully saturated rings. The molecule has 2 aliphatic rings. The van der Waals surface area contributed by atoms with E-state index in [0.717, 1.165) is 11.3 Å². The molecule has 0 spiro atoms. The Bertz CT molecular complexity index is 1400. The van der Waals surface area contributed by atoms with Gasteiger partial charge in [0.2, 0.25) is 5.78 Å². The van der Waals surface area contributed by atoms with E-state index in [2.05, 4.69) is 30.9 Å². The van der Waals surface area contributed by atoms with Crippen LogP contribution in [0, 0.1) is 6.92 Å². The summed E-state index contributed by atoms with van der Waals surface area (Å²) in [5.41, 5.74) is 2.38. The van der Waals surface area contributed by atoms with Crippen molar-refractivity contribution in [1.29, 1.82) is 0 Å². The molecule has 3 N–H and O–H groups in total. The first-order valence-corrected chi connectivity index (χ1v) is 11.7. The van der Waals surface area contributed by atoms with Crippen molar-refractivity contribution in [3.63, 3.8) is 0 Å². The van der Waals surface area contributed by atoms with Crippen molar-refractivity contribution >= 4 is 41.5 Å². The smallest absolute Gasteiger partial charge is 0.330 e. The number of aliphatic hydroxyl groups is 1. The van der Waals surface area contributed by atoms with Crippen LogP contribution in [0.1, 0.15) is 11.9 Å². The van der Waals surface area contributed by atoms with Gasteiger partial charge >= 0.3 is 8.60 Å². The van der Waals surface area contributed by atoms with Crippen molar-refractivity contribution in [2.45, 2.75) is 31.5 Å². The van der Waals surface area contributed by atoms with Gasteiger partial charge in [-0.3, -0.25) is 9.36 Å². The van der Waals surface area contributed by atoms with Crippen molar-refractivity contribution in [2.75, 3.05) is 6.61 Å². The molecule has 2 aliphatic heterocycles. The third-order valence-corrected chi connectivity index (χ3v) is 7.08. The highest BCUT2D eigenvalue weighted by molar-refractivity contribution is 9.10. The van der Waals surface area contributed by atoms with Gasteiger partial charge in [-0.15, -0.1) is 0 Å². The lowest BCUT2D eigenvalue weighted by atomic mass is 10.1. The third-order valence-electron chi connectivity index (χ3n) is 5.72. The van der Waals surface area contributed by atoms with Crippen molar-refractivity contribution in [3.8, 4) is 11.3 Å². The van der Waals surface area contributed by atoms with E-state index in [4.69, 9.17) is 13.8 Å². The van der Waals surface area contributed by atoms with Gasteiger partial charge in [0.05, 0.1) is 12.3 Å². The Hall–Kier alpha value is -2.18. The number of aryl methyl sites for hydroxylation is 1. The van der Waals surface area contributed by atoms with E-state index in [1.807, 2.05) is 37.3 Å². The highest BCUT2D eigenvalue weighted by Gasteiger charge is 2.50. The zero-order valence-corrected chi connectivity index (χ0v) is 19.0. The summed E-state index contributed by atoms with van der Waals surface area (Å²) in [4.78, 5) is 35.3. The second-order valence-electron chi connectivity index (χ2n) is 7.62. The van der Waals surface area contributed by atoms with Gasteiger partial charge in [-0.2, -0.15) is 4.98 Å². The number of nitrogens with one attached hydrogen (secondary N) is 1. The number of hydrogen-bond acceptors (Lipinski definition) is 8. The lowest BCUT2D eigenvalue weighted by Gasteiger charge is -2.27. The molecule has 5 atom stereocenters. The van der Waals surface area contributed by atoms with Crippen LogP contribution in [0.15, 0.2) is 39.9 Å². The predicted molar refractivity (Wildman–Crippen MR) is 117 cm³/mol. The van der Waals surface area contributed by atoms with Gasteiger partial charge in [-0.05, 0) is 22.9 Å². The van der Waals surface area contributed by atoms with E-state index < -0.39 is 33.1 Å². The Morgan fingerprint density at radius 1 is 1.28 bits per heavy atom. The summed E-state index contributed by atoms with van der Waals surface area (Å²) < 4.78 is 19.7. The Morgan fingerprint density at radius 2 is 2.06 bits per heavy atom. The standard InChI is InChI=1S/C19H17BrN5O6P/c1-8-12(9-5-3-2-4-6-9)24-16(27)11-15(23-19(24)21-8)25(18(20)22-11)17-13(26)14-10(30-17)7-29-32(28)31-14/h2-6,10,13-14,17,26,28H,7H2,1H3,(H,21,23)/t10?,13?,14-,17-,32?/m1/s1. The highest BCUT2D eigenvalue weighted by Crippen LogP contribution is 2.47. The summed E-state index contributed by atoms with van der Waals surface area (Å²) >= 11 is 3.38. The van der Waals surface area contributed by atoms with Crippen molar-refractivity contribution in [2.24, 2.45) is 0 Å². The molecule has 1 aromatic carbocycles. The molecule has 32 heavy (non-hydrogen) atoms. The molecule has 13 heteroatoms.